The number of aryl methyl sites for hydroxylation is 1. The van der Waals surface area contributed by atoms with Gasteiger partial charge in [-0.3, -0.25) is 9.89 Å². The van der Waals surface area contributed by atoms with Crippen molar-refractivity contribution >= 4 is 5.91 Å². The normalized spacial score (nSPS) is 16.3. The first-order valence-electron chi connectivity index (χ1n) is 7.48. The molecule has 0 unspecified atom stereocenters. The molecule has 0 aliphatic carbocycles. The van der Waals surface area contributed by atoms with E-state index >= 15 is 0 Å². The number of furan rings is 1. The molecule has 1 N–H and O–H groups in total. The maximum Gasteiger partial charge on any atom is 0.257 e. The van der Waals surface area contributed by atoms with Crippen LogP contribution >= 0.6 is 0 Å². The van der Waals surface area contributed by atoms with Crippen LogP contribution in [0.4, 0.5) is 0 Å². The van der Waals surface area contributed by atoms with Crippen molar-refractivity contribution in [2.24, 2.45) is 5.92 Å². The fourth-order valence-electron chi connectivity index (χ4n) is 2.77. The van der Waals surface area contributed by atoms with Crippen molar-refractivity contribution in [1.82, 2.24) is 20.1 Å². The molecule has 6 nitrogen and oxygen atoms in total. The molecule has 1 fully saturated rings. The van der Waals surface area contributed by atoms with E-state index in [-0.39, 0.29) is 5.91 Å². The molecule has 2 aromatic heterocycles. The minimum Gasteiger partial charge on any atom is -0.472 e. The number of piperidine rings is 1. The van der Waals surface area contributed by atoms with Gasteiger partial charge in [-0.25, -0.2) is 4.98 Å². The van der Waals surface area contributed by atoms with E-state index < -0.39 is 0 Å². The molecule has 0 saturated carbocycles. The molecular weight excluding hydrogens is 268 g/mol. The van der Waals surface area contributed by atoms with Crippen LogP contribution in [0.1, 0.15) is 41.8 Å². The van der Waals surface area contributed by atoms with Gasteiger partial charge in [-0.2, -0.15) is 5.10 Å². The number of nitrogens with one attached hydrogen (secondary N) is 1. The summed E-state index contributed by atoms with van der Waals surface area (Å²) in [5.74, 6) is 2.47. The van der Waals surface area contributed by atoms with Gasteiger partial charge in [0.15, 0.2) is 0 Å². The Morgan fingerprint density at radius 2 is 2.29 bits per heavy atom. The van der Waals surface area contributed by atoms with E-state index in [9.17, 15) is 4.79 Å². The number of aromatic amines is 1. The van der Waals surface area contributed by atoms with Crippen LogP contribution in [0, 0.1) is 5.92 Å². The van der Waals surface area contributed by atoms with Gasteiger partial charge in [-0.05, 0) is 24.8 Å². The Balaban J connectivity index is 1.52. The van der Waals surface area contributed by atoms with E-state index in [0.717, 1.165) is 50.4 Å². The first-order chi connectivity index (χ1) is 10.3. The smallest absolute Gasteiger partial charge is 0.257 e. The predicted octanol–water partition coefficient (Wildman–Crippen LogP) is 2.06. The summed E-state index contributed by atoms with van der Waals surface area (Å²) in [5.41, 5.74) is 0.635. The Hall–Kier alpha value is -2.11. The lowest BCUT2D eigenvalue weighted by atomic mass is 9.93. The van der Waals surface area contributed by atoms with Gasteiger partial charge < -0.3 is 9.32 Å². The number of nitrogens with zero attached hydrogens (tertiary/aromatic N) is 3. The van der Waals surface area contributed by atoms with Crippen molar-refractivity contribution in [1.29, 1.82) is 0 Å². The number of hydrogen-bond acceptors (Lipinski definition) is 4. The van der Waals surface area contributed by atoms with Crippen molar-refractivity contribution in [2.45, 2.75) is 32.6 Å². The number of likely N-dealkylation sites (tertiary alicyclic amines) is 1. The number of amides is 1. The number of H-pyrrole nitrogens is 1. The molecular formula is C15H20N4O2. The molecule has 112 valence electrons. The van der Waals surface area contributed by atoms with E-state index in [1.807, 2.05) is 11.8 Å². The summed E-state index contributed by atoms with van der Waals surface area (Å²) in [6, 6.07) is 1.72. The monoisotopic (exact) mass is 288 g/mol. The summed E-state index contributed by atoms with van der Waals surface area (Å²) in [7, 11) is 0. The Morgan fingerprint density at radius 3 is 2.90 bits per heavy atom. The van der Waals surface area contributed by atoms with Crippen LogP contribution in [-0.4, -0.2) is 39.1 Å². The summed E-state index contributed by atoms with van der Waals surface area (Å²) in [4.78, 5) is 18.6. The minimum atomic E-state index is 0.0649. The molecule has 0 aromatic carbocycles. The lowest BCUT2D eigenvalue weighted by molar-refractivity contribution is 0.0689. The van der Waals surface area contributed by atoms with Crippen LogP contribution in [0.3, 0.4) is 0 Å². The van der Waals surface area contributed by atoms with Crippen molar-refractivity contribution in [3.05, 3.63) is 35.8 Å². The molecule has 1 aliphatic heterocycles. The first-order valence-corrected chi connectivity index (χ1v) is 7.48. The van der Waals surface area contributed by atoms with E-state index in [0.29, 0.717) is 11.5 Å². The Labute approximate surface area is 123 Å². The molecule has 1 saturated heterocycles. The van der Waals surface area contributed by atoms with E-state index in [4.69, 9.17) is 4.42 Å². The molecule has 3 rings (SSSR count). The summed E-state index contributed by atoms with van der Waals surface area (Å²) < 4.78 is 4.97. The van der Waals surface area contributed by atoms with E-state index in [1.165, 1.54) is 12.5 Å². The second-order valence-corrected chi connectivity index (χ2v) is 5.50. The number of carbonyl (C=O) groups is 1. The highest BCUT2D eigenvalue weighted by molar-refractivity contribution is 5.93. The average Bonchev–Trinajstić information content (AvgIpc) is 3.19. The van der Waals surface area contributed by atoms with Crippen LogP contribution in [0.25, 0.3) is 0 Å². The number of hydrogen-bond donors (Lipinski definition) is 1. The quantitative estimate of drug-likeness (QED) is 0.934. The van der Waals surface area contributed by atoms with Crippen molar-refractivity contribution < 1.29 is 9.21 Å². The standard InChI is InChI=1S/C15H20N4O2/c1-2-13-16-14(18-17-13)9-11-3-6-19(7-4-11)15(20)12-5-8-21-10-12/h5,8,10-11H,2-4,6-7,9H2,1H3,(H,16,17,18). The zero-order valence-corrected chi connectivity index (χ0v) is 12.2. The van der Waals surface area contributed by atoms with Gasteiger partial charge in [0.25, 0.3) is 5.91 Å². The molecule has 3 heterocycles. The van der Waals surface area contributed by atoms with Gasteiger partial charge in [0.05, 0.1) is 11.8 Å². The molecule has 21 heavy (non-hydrogen) atoms. The minimum absolute atomic E-state index is 0.0649. The third-order valence-corrected chi connectivity index (χ3v) is 4.05. The molecule has 0 radical (unpaired) electrons. The Morgan fingerprint density at radius 1 is 1.48 bits per heavy atom. The molecule has 1 amide bonds. The van der Waals surface area contributed by atoms with Crippen LogP contribution in [0.5, 0.6) is 0 Å². The third-order valence-electron chi connectivity index (χ3n) is 4.05. The molecule has 0 spiro atoms. The van der Waals surface area contributed by atoms with Crippen LogP contribution in [0.2, 0.25) is 0 Å². The summed E-state index contributed by atoms with van der Waals surface area (Å²) >= 11 is 0. The topological polar surface area (TPSA) is 75.0 Å². The maximum atomic E-state index is 12.2. The largest absolute Gasteiger partial charge is 0.472 e. The Bertz CT molecular complexity index is 583. The number of rotatable bonds is 4. The summed E-state index contributed by atoms with van der Waals surface area (Å²) in [6.07, 6.45) is 6.83. The third kappa shape index (κ3) is 3.15. The first kappa shape index (κ1) is 13.9. The zero-order valence-electron chi connectivity index (χ0n) is 12.2. The fourth-order valence-corrected chi connectivity index (χ4v) is 2.77. The van der Waals surface area contributed by atoms with Crippen LogP contribution in [0.15, 0.2) is 23.0 Å². The molecule has 2 aromatic rings. The maximum absolute atomic E-state index is 12.2. The molecule has 0 atom stereocenters. The molecule has 0 bridgehead atoms. The number of aromatic nitrogens is 3. The van der Waals surface area contributed by atoms with Gasteiger partial charge in [-0.1, -0.05) is 6.92 Å². The van der Waals surface area contributed by atoms with Gasteiger partial charge in [0.1, 0.15) is 17.9 Å². The lowest BCUT2D eigenvalue weighted by Gasteiger charge is -2.31. The summed E-state index contributed by atoms with van der Waals surface area (Å²) in [6.45, 7) is 3.64. The van der Waals surface area contributed by atoms with Crippen molar-refractivity contribution in [3.8, 4) is 0 Å². The molecule has 6 heteroatoms. The highest BCUT2D eigenvalue weighted by Crippen LogP contribution is 2.22. The van der Waals surface area contributed by atoms with E-state index in [1.54, 1.807) is 6.07 Å². The van der Waals surface area contributed by atoms with Crippen LogP contribution in [-0.2, 0) is 12.8 Å². The fraction of sp³-hybridized carbons (Fsp3) is 0.533. The second-order valence-electron chi connectivity index (χ2n) is 5.50. The SMILES string of the molecule is CCc1n[nH]c(CC2CCN(C(=O)c3ccoc3)CC2)n1. The highest BCUT2D eigenvalue weighted by Gasteiger charge is 2.24. The van der Waals surface area contributed by atoms with Crippen molar-refractivity contribution in [2.75, 3.05) is 13.1 Å². The zero-order chi connectivity index (χ0) is 14.7. The second kappa shape index (κ2) is 6.11. The summed E-state index contributed by atoms with van der Waals surface area (Å²) in [5, 5.41) is 7.17. The Kier molecular flexibility index (Phi) is 4.03. The van der Waals surface area contributed by atoms with Gasteiger partial charge >= 0.3 is 0 Å². The molecule has 1 aliphatic rings. The van der Waals surface area contributed by atoms with Gasteiger partial charge in [-0.15, -0.1) is 0 Å². The number of carbonyl (C=O) groups excluding carboxylic acids is 1. The van der Waals surface area contributed by atoms with Gasteiger partial charge in [0.2, 0.25) is 0 Å². The highest BCUT2D eigenvalue weighted by atomic mass is 16.3. The van der Waals surface area contributed by atoms with E-state index in [2.05, 4.69) is 15.2 Å². The predicted molar refractivity (Wildman–Crippen MR) is 76.8 cm³/mol. The van der Waals surface area contributed by atoms with Gasteiger partial charge in [0, 0.05) is 25.9 Å². The van der Waals surface area contributed by atoms with Crippen LogP contribution < -0.4 is 0 Å². The lowest BCUT2D eigenvalue weighted by Crippen LogP contribution is -2.38. The van der Waals surface area contributed by atoms with Crippen molar-refractivity contribution in [3.63, 3.8) is 0 Å². The average molecular weight is 288 g/mol.